The van der Waals surface area contributed by atoms with Crippen LogP contribution in [0.4, 0.5) is 4.79 Å². The lowest BCUT2D eigenvalue weighted by Crippen LogP contribution is -2.54. The van der Waals surface area contributed by atoms with Gasteiger partial charge in [0, 0.05) is 12.0 Å². The number of benzene rings is 2. The Balaban J connectivity index is 1.38. The molecule has 0 aromatic heterocycles. The van der Waals surface area contributed by atoms with Gasteiger partial charge in [0.25, 0.3) is 0 Å². The standard InChI is InChI=1S/C28H34N2O5/c1-17(2)26(27(33)29-24-14-8-3-9-18(24)15-25(31)32)30-28(34)35-16-23-21-12-6-4-10-19(21)20-11-5-7-13-22(20)23/h4-7,10-13,17-18,23-24,26H,3,8-9,14-16H2,1-2H3,(H,29,33)(H,30,34)(H,31,32)/t18-,24-,26?/m1/s1. The average Bonchev–Trinajstić information content (AvgIpc) is 3.15. The number of carboxylic acid groups (broad SMARTS) is 1. The molecule has 0 bridgehead atoms. The van der Waals surface area contributed by atoms with Crippen LogP contribution in [0.15, 0.2) is 48.5 Å². The van der Waals surface area contributed by atoms with Gasteiger partial charge in [0.1, 0.15) is 12.6 Å². The van der Waals surface area contributed by atoms with Gasteiger partial charge in [-0.2, -0.15) is 0 Å². The molecule has 1 unspecified atom stereocenters. The van der Waals surface area contributed by atoms with Crippen molar-refractivity contribution in [3.8, 4) is 11.1 Å². The number of alkyl carbamates (subject to hydrolysis) is 1. The number of nitrogens with one attached hydrogen (secondary N) is 2. The minimum absolute atomic E-state index is 0.0388. The van der Waals surface area contributed by atoms with Crippen molar-refractivity contribution in [3.05, 3.63) is 59.7 Å². The Morgan fingerprint density at radius 1 is 0.971 bits per heavy atom. The van der Waals surface area contributed by atoms with Crippen LogP contribution in [-0.4, -0.2) is 41.8 Å². The molecule has 0 radical (unpaired) electrons. The van der Waals surface area contributed by atoms with Gasteiger partial charge in [0.15, 0.2) is 0 Å². The third-order valence-electron chi connectivity index (χ3n) is 7.24. The first-order valence-electron chi connectivity index (χ1n) is 12.5. The Labute approximate surface area is 206 Å². The lowest BCUT2D eigenvalue weighted by atomic mass is 9.82. The summed E-state index contributed by atoms with van der Waals surface area (Å²) in [5.41, 5.74) is 4.56. The Morgan fingerprint density at radius 2 is 1.57 bits per heavy atom. The van der Waals surface area contributed by atoms with Gasteiger partial charge in [0.05, 0.1) is 6.42 Å². The average molecular weight is 479 g/mol. The molecule has 186 valence electrons. The Bertz CT molecular complexity index is 1040. The first-order chi connectivity index (χ1) is 16.8. The molecule has 7 heteroatoms. The van der Waals surface area contributed by atoms with Crippen molar-refractivity contribution < 1.29 is 24.2 Å². The minimum Gasteiger partial charge on any atom is -0.481 e. The monoisotopic (exact) mass is 478 g/mol. The Kier molecular flexibility index (Phi) is 7.73. The highest BCUT2D eigenvalue weighted by Gasteiger charge is 2.33. The maximum atomic E-state index is 13.1. The highest BCUT2D eigenvalue weighted by Crippen LogP contribution is 2.44. The number of carbonyl (C=O) groups excluding carboxylic acids is 2. The van der Waals surface area contributed by atoms with E-state index < -0.39 is 18.1 Å². The molecule has 0 aliphatic heterocycles. The molecular weight excluding hydrogens is 444 g/mol. The van der Waals surface area contributed by atoms with Gasteiger partial charge in [-0.3, -0.25) is 9.59 Å². The smallest absolute Gasteiger partial charge is 0.407 e. The number of ether oxygens (including phenoxy) is 1. The van der Waals surface area contributed by atoms with Gasteiger partial charge in [-0.1, -0.05) is 75.2 Å². The predicted molar refractivity (Wildman–Crippen MR) is 133 cm³/mol. The summed E-state index contributed by atoms with van der Waals surface area (Å²) in [5, 5.41) is 15.0. The van der Waals surface area contributed by atoms with E-state index in [1.807, 2.05) is 38.1 Å². The summed E-state index contributed by atoms with van der Waals surface area (Å²) < 4.78 is 5.63. The number of hydrogen-bond acceptors (Lipinski definition) is 4. The van der Waals surface area contributed by atoms with Crippen LogP contribution in [0.1, 0.15) is 63.0 Å². The first kappa shape index (κ1) is 24.8. The van der Waals surface area contributed by atoms with Crippen molar-refractivity contribution in [2.75, 3.05) is 6.61 Å². The Morgan fingerprint density at radius 3 is 2.17 bits per heavy atom. The zero-order valence-electron chi connectivity index (χ0n) is 20.3. The summed E-state index contributed by atoms with van der Waals surface area (Å²) in [5.74, 6) is -1.45. The van der Waals surface area contributed by atoms with E-state index in [1.54, 1.807) is 0 Å². The largest absolute Gasteiger partial charge is 0.481 e. The van der Waals surface area contributed by atoms with Crippen LogP contribution in [0.25, 0.3) is 11.1 Å². The number of carboxylic acids is 1. The summed E-state index contributed by atoms with van der Waals surface area (Å²) in [6, 6.07) is 15.3. The second-order valence-corrected chi connectivity index (χ2v) is 9.95. The number of carbonyl (C=O) groups is 3. The van der Waals surface area contributed by atoms with Crippen molar-refractivity contribution in [1.82, 2.24) is 10.6 Å². The predicted octanol–water partition coefficient (Wildman–Crippen LogP) is 4.70. The fourth-order valence-corrected chi connectivity index (χ4v) is 5.44. The van der Waals surface area contributed by atoms with Gasteiger partial charge in [-0.25, -0.2) is 4.79 Å². The highest BCUT2D eigenvalue weighted by atomic mass is 16.5. The van der Waals surface area contributed by atoms with Crippen LogP contribution in [0.3, 0.4) is 0 Å². The van der Waals surface area contributed by atoms with Crippen LogP contribution >= 0.6 is 0 Å². The van der Waals surface area contributed by atoms with Crippen LogP contribution in [-0.2, 0) is 14.3 Å². The van der Waals surface area contributed by atoms with Gasteiger partial charge in [-0.05, 0) is 46.9 Å². The van der Waals surface area contributed by atoms with Crippen LogP contribution < -0.4 is 10.6 Å². The molecule has 2 aromatic carbocycles. The summed E-state index contributed by atoms with van der Waals surface area (Å²) in [6.07, 6.45) is 2.86. The molecule has 3 N–H and O–H groups in total. The molecular formula is C28H34N2O5. The van der Waals surface area contributed by atoms with Crippen LogP contribution in [0, 0.1) is 11.8 Å². The molecule has 1 fully saturated rings. The van der Waals surface area contributed by atoms with Gasteiger partial charge >= 0.3 is 12.1 Å². The summed E-state index contributed by atoms with van der Waals surface area (Å²) in [6.45, 7) is 3.91. The molecule has 0 heterocycles. The lowest BCUT2D eigenvalue weighted by Gasteiger charge is -2.33. The maximum Gasteiger partial charge on any atom is 0.407 e. The quantitative estimate of drug-likeness (QED) is 0.510. The summed E-state index contributed by atoms with van der Waals surface area (Å²) >= 11 is 0. The fraction of sp³-hybridized carbons (Fsp3) is 0.464. The van der Waals surface area contributed by atoms with Gasteiger partial charge in [-0.15, -0.1) is 0 Å². The fourth-order valence-electron chi connectivity index (χ4n) is 5.44. The summed E-state index contributed by atoms with van der Waals surface area (Å²) in [7, 11) is 0. The zero-order valence-corrected chi connectivity index (χ0v) is 20.3. The second kappa shape index (κ2) is 10.9. The first-order valence-corrected chi connectivity index (χ1v) is 12.5. The van der Waals surface area contributed by atoms with E-state index in [1.165, 1.54) is 0 Å². The van der Waals surface area contributed by atoms with E-state index in [-0.39, 0.29) is 42.7 Å². The molecule has 2 aliphatic rings. The maximum absolute atomic E-state index is 13.1. The van der Waals surface area contributed by atoms with Crippen molar-refractivity contribution in [3.63, 3.8) is 0 Å². The molecule has 2 amide bonds. The SMILES string of the molecule is CC(C)C(NC(=O)OCC1c2ccccc2-c2ccccc21)C(=O)N[C@@H]1CCCC[C@@H]1CC(=O)O. The topological polar surface area (TPSA) is 105 Å². The number of rotatable bonds is 8. The number of fused-ring (bicyclic) bond motifs is 3. The molecule has 0 spiro atoms. The molecule has 3 atom stereocenters. The molecule has 0 saturated heterocycles. The number of hydrogen-bond donors (Lipinski definition) is 3. The zero-order chi connectivity index (χ0) is 24.9. The van der Waals surface area contributed by atoms with Crippen LogP contribution in [0.5, 0.6) is 0 Å². The van der Waals surface area contributed by atoms with E-state index in [4.69, 9.17) is 4.74 Å². The van der Waals surface area contributed by atoms with Gasteiger partial charge in [0.2, 0.25) is 5.91 Å². The van der Waals surface area contributed by atoms with E-state index in [2.05, 4.69) is 34.9 Å². The van der Waals surface area contributed by atoms with Crippen molar-refractivity contribution in [2.24, 2.45) is 11.8 Å². The minimum atomic E-state index is -0.853. The van der Waals surface area contributed by atoms with E-state index in [9.17, 15) is 19.5 Å². The summed E-state index contributed by atoms with van der Waals surface area (Å²) in [4.78, 5) is 37.1. The van der Waals surface area contributed by atoms with E-state index in [0.717, 1.165) is 47.9 Å². The van der Waals surface area contributed by atoms with E-state index in [0.29, 0.717) is 0 Å². The molecule has 2 aromatic rings. The van der Waals surface area contributed by atoms with E-state index >= 15 is 0 Å². The highest BCUT2D eigenvalue weighted by molar-refractivity contribution is 5.86. The van der Waals surface area contributed by atoms with Gasteiger partial charge < -0.3 is 20.5 Å². The molecule has 35 heavy (non-hydrogen) atoms. The molecule has 1 saturated carbocycles. The van der Waals surface area contributed by atoms with Crippen molar-refractivity contribution in [1.29, 1.82) is 0 Å². The van der Waals surface area contributed by atoms with Crippen LogP contribution in [0.2, 0.25) is 0 Å². The lowest BCUT2D eigenvalue weighted by molar-refractivity contribution is -0.139. The number of aliphatic carboxylic acids is 1. The third-order valence-corrected chi connectivity index (χ3v) is 7.24. The van der Waals surface area contributed by atoms with Crippen molar-refractivity contribution in [2.45, 2.75) is 64.0 Å². The molecule has 7 nitrogen and oxygen atoms in total. The van der Waals surface area contributed by atoms with Crippen molar-refractivity contribution >= 4 is 18.0 Å². The normalized spacial score (nSPS) is 20.0. The number of amides is 2. The molecule has 2 aliphatic carbocycles. The Hall–Kier alpha value is -3.35. The third kappa shape index (κ3) is 5.66. The second-order valence-electron chi connectivity index (χ2n) is 9.95. The molecule has 4 rings (SSSR count).